The SMILES string of the molecule is CCCCCCCCCCC1(CNCCOC)CC1. The molecule has 0 spiro atoms. The molecule has 0 radical (unpaired) electrons. The molecule has 0 heterocycles. The summed E-state index contributed by atoms with van der Waals surface area (Å²) in [5.41, 5.74) is 0.677. The number of unbranched alkanes of at least 4 members (excludes halogenated alkanes) is 7. The second-order valence-electron chi connectivity index (χ2n) is 6.39. The third kappa shape index (κ3) is 8.65. The maximum atomic E-state index is 5.07. The second kappa shape index (κ2) is 10.7. The highest BCUT2D eigenvalue weighted by atomic mass is 16.5. The predicted molar refractivity (Wildman–Crippen MR) is 83.6 cm³/mol. The molecule has 0 atom stereocenters. The Labute approximate surface area is 120 Å². The van der Waals surface area contributed by atoms with E-state index in [0.717, 1.165) is 13.2 Å². The average Bonchev–Trinajstić information content (AvgIpc) is 3.18. The molecule has 0 unspecified atom stereocenters. The summed E-state index contributed by atoms with van der Waals surface area (Å²) in [6.45, 7) is 5.35. The fourth-order valence-electron chi connectivity index (χ4n) is 2.85. The van der Waals surface area contributed by atoms with Crippen molar-refractivity contribution >= 4 is 0 Å². The summed E-state index contributed by atoms with van der Waals surface area (Å²) < 4.78 is 5.07. The Balaban J connectivity index is 1.86. The summed E-state index contributed by atoms with van der Waals surface area (Å²) in [6.07, 6.45) is 15.8. The van der Waals surface area contributed by atoms with Gasteiger partial charge in [-0.3, -0.25) is 0 Å². The maximum Gasteiger partial charge on any atom is 0.0587 e. The van der Waals surface area contributed by atoms with Crippen LogP contribution in [-0.2, 0) is 4.74 Å². The van der Waals surface area contributed by atoms with Crippen molar-refractivity contribution in [2.24, 2.45) is 5.41 Å². The van der Waals surface area contributed by atoms with E-state index in [4.69, 9.17) is 4.74 Å². The third-order valence-corrected chi connectivity index (χ3v) is 4.50. The lowest BCUT2D eigenvalue weighted by Gasteiger charge is -2.15. The van der Waals surface area contributed by atoms with Crippen LogP contribution in [0.5, 0.6) is 0 Å². The van der Waals surface area contributed by atoms with Crippen molar-refractivity contribution in [1.82, 2.24) is 5.32 Å². The van der Waals surface area contributed by atoms with E-state index in [0.29, 0.717) is 5.41 Å². The van der Waals surface area contributed by atoms with Gasteiger partial charge in [-0.1, -0.05) is 58.3 Å². The molecule has 1 aliphatic rings. The van der Waals surface area contributed by atoms with Gasteiger partial charge in [-0.25, -0.2) is 0 Å². The molecule has 0 bridgehead atoms. The molecule has 2 nitrogen and oxygen atoms in total. The molecule has 1 N–H and O–H groups in total. The summed E-state index contributed by atoms with van der Waals surface area (Å²) in [4.78, 5) is 0. The summed E-state index contributed by atoms with van der Waals surface area (Å²) in [5, 5.41) is 3.54. The Morgan fingerprint density at radius 2 is 1.58 bits per heavy atom. The zero-order valence-electron chi connectivity index (χ0n) is 13.3. The van der Waals surface area contributed by atoms with E-state index in [1.165, 1.54) is 77.2 Å². The van der Waals surface area contributed by atoms with Crippen molar-refractivity contribution < 1.29 is 4.74 Å². The van der Waals surface area contributed by atoms with E-state index in [1.807, 2.05) is 0 Å². The Morgan fingerprint density at radius 3 is 2.16 bits per heavy atom. The van der Waals surface area contributed by atoms with Gasteiger partial charge in [0.25, 0.3) is 0 Å². The topological polar surface area (TPSA) is 21.3 Å². The van der Waals surface area contributed by atoms with Crippen molar-refractivity contribution in [2.75, 3.05) is 26.8 Å². The minimum absolute atomic E-state index is 0.677. The van der Waals surface area contributed by atoms with Gasteiger partial charge >= 0.3 is 0 Å². The van der Waals surface area contributed by atoms with Gasteiger partial charge in [0.1, 0.15) is 0 Å². The van der Waals surface area contributed by atoms with Gasteiger partial charge in [0.05, 0.1) is 6.61 Å². The molecule has 0 saturated heterocycles. The molecule has 0 aromatic carbocycles. The van der Waals surface area contributed by atoms with Crippen LogP contribution in [-0.4, -0.2) is 26.8 Å². The lowest BCUT2D eigenvalue weighted by Crippen LogP contribution is -2.27. The van der Waals surface area contributed by atoms with Gasteiger partial charge in [-0.05, 0) is 24.7 Å². The predicted octanol–water partition coefficient (Wildman–Crippen LogP) is 4.53. The first kappa shape index (κ1) is 17.0. The van der Waals surface area contributed by atoms with E-state index in [2.05, 4.69) is 12.2 Å². The summed E-state index contributed by atoms with van der Waals surface area (Å²) in [5.74, 6) is 0. The lowest BCUT2D eigenvalue weighted by atomic mass is 9.97. The number of methoxy groups -OCH3 is 1. The molecule has 1 rings (SSSR count). The standard InChI is InChI=1S/C17H35NO/c1-3-4-5-6-7-8-9-10-11-17(12-13-17)16-18-14-15-19-2/h18H,3-16H2,1-2H3. The molecule has 0 amide bonds. The minimum atomic E-state index is 0.677. The molecule has 114 valence electrons. The first-order chi connectivity index (χ1) is 9.33. The maximum absolute atomic E-state index is 5.07. The molecule has 0 aromatic heterocycles. The highest BCUT2D eigenvalue weighted by molar-refractivity contribution is 4.94. The summed E-state index contributed by atoms with van der Waals surface area (Å²) in [6, 6.07) is 0. The van der Waals surface area contributed by atoms with Crippen LogP contribution >= 0.6 is 0 Å². The monoisotopic (exact) mass is 269 g/mol. The quantitative estimate of drug-likeness (QED) is 0.468. The largest absolute Gasteiger partial charge is 0.383 e. The molecule has 2 heteroatoms. The van der Waals surface area contributed by atoms with Crippen molar-refractivity contribution in [3.05, 3.63) is 0 Å². The lowest BCUT2D eigenvalue weighted by molar-refractivity contribution is 0.196. The number of hydrogen-bond acceptors (Lipinski definition) is 2. The Kier molecular flexibility index (Phi) is 9.54. The highest BCUT2D eigenvalue weighted by Gasteiger charge is 2.40. The van der Waals surface area contributed by atoms with E-state index in [9.17, 15) is 0 Å². The molecule has 0 aromatic rings. The Morgan fingerprint density at radius 1 is 0.947 bits per heavy atom. The van der Waals surface area contributed by atoms with Gasteiger partial charge in [0.2, 0.25) is 0 Å². The van der Waals surface area contributed by atoms with Crippen LogP contribution in [0.15, 0.2) is 0 Å². The van der Waals surface area contributed by atoms with Crippen LogP contribution in [0.4, 0.5) is 0 Å². The zero-order valence-corrected chi connectivity index (χ0v) is 13.3. The van der Waals surface area contributed by atoms with Crippen molar-refractivity contribution in [3.8, 4) is 0 Å². The molecule has 1 fully saturated rings. The molecule has 0 aliphatic heterocycles. The van der Waals surface area contributed by atoms with Crippen LogP contribution in [0.2, 0.25) is 0 Å². The normalized spacial score (nSPS) is 16.7. The van der Waals surface area contributed by atoms with Crippen LogP contribution in [0.3, 0.4) is 0 Å². The smallest absolute Gasteiger partial charge is 0.0587 e. The fraction of sp³-hybridized carbons (Fsp3) is 1.00. The van der Waals surface area contributed by atoms with Crippen molar-refractivity contribution in [1.29, 1.82) is 0 Å². The Hall–Kier alpha value is -0.0800. The van der Waals surface area contributed by atoms with E-state index in [-0.39, 0.29) is 0 Å². The van der Waals surface area contributed by atoms with Crippen molar-refractivity contribution in [2.45, 2.75) is 77.6 Å². The molecular weight excluding hydrogens is 234 g/mol. The number of hydrogen-bond donors (Lipinski definition) is 1. The van der Waals surface area contributed by atoms with Gasteiger partial charge in [-0.15, -0.1) is 0 Å². The first-order valence-electron chi connectivity index (χ1n) is 8.53. The number of ether oxygens (including phenoxy) is 1. The van der Waals surface area contributed by atoms with E-state index < -0.39 is 0 Å². The van der Waals surface area contributed by atoms with E-state index >= 15 is 0 Å². The minimum Gasteiger partial charge on any atom is -0.383 e. The van der Waals surface area contributed by atoms with Gasteiger partial charge in [-0.2, -0.15) is 0 Å². The summed E-state index contributed by atoms with van der Waals surface area (Å²) in [7, 11) is 1.77. The van der Waals surface area contributed by atoms with Crippen LogP contribution in [0.25, 0.3) is 0 Å². The molecular formula is C17H35NO. The van der Waals surface area contributed by atoms with Crippen molar-refractivity contribution in [3.63, 3.8) is 0 Å². The van der Waals surface area contributed by atoms with Crippen LogP contribution < -0.4 is 5.32 Å². The fourth-order valence-corrected chi connectivity index (χ4v) is 2.85. The average molecular weight is 269 g/mol. The highest BCUT2D eigenvalue weighted by Crippen LogP contribution is 2.49. The first-order valence-corrected chi connectivity index (χ1v) is 8.53. The molecule has 1 saturated carbocycles. The molecule has 19 heavy (non-hydrogen) atoms. The van der Waals surface area contributed by atoms with Crippen LogP contribution in [0, 0.1) is 5.41 Å². The van der Waals surface area contributed by atoms with Crippen LogP contribution in [0.1, 0.15) is 77.6 Å². The zero-order chi connectivity index (χ0) is 13.8. The summed E-state index contributed by atoms with van der Waals surface area (Å²) >= 11 is 0. The Bertz CT molecular complexity index is 201. The second-order valence-corrected chi connectivity index (χ2v) is 6.39. The number of nitrogens with one attached hydrogen (secondary N) is 1. The third-order valence-electron chi connectivity index (χ3n) is 4.50. The van der Waals surface area contributed by atoms with Gasteiger partial charge < -0.3 is 10.1 Å². The van der Waals surface area contributed by atoms with Gasteiger partial charge in [0, 0.05) is 20.2 Å². The number of rotatable bonds is 14. The van der Waals surface area contributed by atoms with E-state index in [1.54, 1.807) is 7.11 Å². The molecule has 1 aliphatic carbocycles. The van der Waals surface area contributed by atoms with Gasteiger partial charge in [0.15, 0.2) is 0 Å².